The van der Waals surface area contributed by atoms with Gasteiger partial charge in [-0.05, 0) is 18.6 Å². The molecule has 0 spiro atoms. The monoisotopic (exact) mass is 296 g/mol. The first-order valence-electron chi connectivity index (χ1n) is 6.57. The number of aromatic amines is 1. The molecular formula is C14H12N6S. The second kappa shape index (κ2) is 4.78. The lowest BCUT2D eigenvalue weighted by molar-refractivity contribution is 0.909. The number of benzene rings is 1. The van der Waals surface area contributed by atoms with Crippen LogP contribution < -0.4 is 0 Å². The standard InChI is InChI=1S/C14H12N6S/c1-9-7-11(16-15-9)13-17-18-14-20(13)19-12(21-14)8-10-5-3-2-4-6-10/h2-7H,8H2,1H3,(H,15,16). The van der Waals surface area contributed by atoms with Crippen LogP contribution in [0.2, 0.25) is 0 Å². The van der Waals surface area contributed by atoms with Crippen LogP contribution in [0.25, 0.3) is 16.5 Å². The quantitative estimate of drug-likeness (QED) is 0.630. The molecule has 1 N–H and O–H groups in total. The average Bonchev–Trinajstić information content (AvgIpc) is 3.15. The number of rotatable bonds is 3. The van der Waals surface area contributed by atoms with Crippen LogP contribution in [0.5, 0.6) is 0 Å². The molecule has 7 heteroatoms. The van der Waals surface area contributed by atoms with Crippen LogP contribution in [0.4, 0.5) is 0 Å². The van der Waals surface area contributed by atoms with Gasteiger partial charge in [0.2, 0.25) is 10.8 Å². The average molecular weight is 296 g/mol. The van der Waals surface area contributed by atoms with E-state index in [0.717, 1.165) is 27.8 Å². The van der Waals surface area contributed by atoms with Crippen molar-refractivity contribution < 1.29 is 0 Å². The Kier molecular flexibility index (Phi) is 2.78. The lowest BCUT2D eigenvalue weighted by Gasteiger charge is -1.95. The molecule has 4 rings (SSSR count). The topological polar surface area (TPSA) is 71.8 Å². The second-order valence-electron chi connectivity index (χ2n) is 4.81. The molecular weight excluding hydrogens is 284 g/mol. The van der Waals surface area contributed by atoms with Gasteiger partial charge in [0.15, 0.2) is 0 Å². The van der Waals surface area contributed by atoms with Gasteiger partial charge in [0.1, 0.15) is 10.7 Å². The molecule has 1 aromatic carbocycles. The van der Waals surface area contributed by atoms with Crippen molar-refractivity contribution in [1.29, 1.82) is 0 Å². The van der Waals surface area contributed by atoms with Crippen LogP contribution in [-0.4, -0.2) is 30.0 Å². The molecule has 4 aromatic rings. The highest BCUT2D eigenvalue weighted by molar-refractivity contribution is 7.16. The number of aryl methyl sites for hydroxylation is 1. The van der Waals surface area contributed by atoms with Crippen molar-refractivity contribution in [3.63, 3.8) is 0 Å². The molecule has 0 radical (unpaired) electrons. The zero-order valence-corrected chi connectivity index (χ0v) is 12.1. The fraction of sp³-hybridized carbons (Fsp3) is 0.143. The molecule has 0 unspecified atom stereocenters. The van der Waals surface area contributed by atoms with E-state index in [2.05, 4.69) is 37.6 Å². The number of H-pyrrole nitrogens is 1. The Bertz CT molecular complexity index is 889. The van der Waals surface area contributed by atoms with Crippen molar-refractivity contribution in [2.24, 2.45) is 0 Å². The van der Waals surface area contributed by atoms with Gasteiger partial charge in [0.25, 0.3) is 0 Å². The van der Waals surface area contributed by atoms with Gasteiger partial charge in [-0.1, -0.05) is 41.7 Å². The molecule has 0 amide bonds. The minimum Gasteiger partial charge on any atom is -0.282 e. The Morgan fingerprint density at radius 2 is 2.05 bits per heavy atom. The predicted octanol–water partition coefficient (Wildman–Crippen LogP) is 2.48. The van der Waals surface area contributed by atoms with E-state index < -0.39 is 0 Å². The molecule has 3 heterocycles. The second-order valence-corrected chi connectivity index (χ2v) is 5.85. The molecule has 104 valence electrons. The van der Waals surface area contributed by atoms with Crippen molar-refractivity contribution in [3.05, 3.63) is 52.7 Å². The summed E-state index contributed by atoms with van der Waals surface area (Å²) in [7, 11) is 0. The summed E-state index contributed by atoms with van der Waals surface area (Å²) >= 11 is 1.55. The van der Waals surface area contributed by atoms with Crippen LogP contribution in [0.15, 0.2) is 36.4 Å². The van der Waals surface area contributed by atoms with E-state index in [1.54, 1.807) is 15.9 Å². The highest BCUT2D eigenvalue weighted by atomic mass is 32.1. The number of fused-ring (bicyclic) bond motifs is 1. The lowest BCUT2D eigenvalue weighted by Crippen LogP contribution is -1.93. The molecule has 0 saturated heterocycles. The predicted molar refractivity (Wildman–Crippen MR) is 80.2 cm³/mol. The van der Waals surface area contributed by atoms with Gasteiger partial charge in [-0.2, -0.15) is 14.7 Å². The largest absolute Gasteiger partial charge is 0.282 e. The third-order valence-electron chi connectivity index (χ3n) is 3.17. The van der Waals surface area contributed by atoms with Crippen LogP contribution in [-0.2, 0) is 6.42 Å². The van der Waals surface area contributed by atoms with Gasteiger partial charge in [-0.3, -0.25) is 5.10 Å². The minimum absolute atomic E-state index is 0.671. The van der Waals surface area contributed by atoms with E-state index in [1.807, 2.05) is 31.2 Å². The molecule has 0 atom stereocenters. The fourth-order valence-electron chi connectivity index (χ4n) is 2.19. The van der Waals surface area contributed by atoms with Gasteiger partial charge in [-0.15, -0.1) is 10.2 Å². The van der Waals surface area contributed by atoms with Crippen LogP contribution >= 0.6 is 11.3 Å². The Labute approximate surface area is 124 Å². The maximum absolute atomic E-state index is 4.61. The molecule has 0 saturated carbocycles. The number of aromatic nitrogens is 6. The summed E-state index contributed by atoms with van der Waals surface area (Å²) in [6.45, 7) is 1.95. The molecule has 21 heavy (non-hydrogen) atoms. The summed E-state index contributed by atoms with van der Waals surface area (Å²) in [6.07, 6.45) is 0.800. The van der Waals surface area contributed by atoms with Crippen molar-refractivity contribution >= 4 is 16.3 Å². The summed E-state index contributed by atoms with van der Waals surface area (Å²) in [5.74, 6) is 0.671. The minimum atomic E-state index is 0.671. The van der Waals surface area contributed by atoms with Crippen molar-refractivity contribution in [1.82, 2.24) is 30.0 Å². The smallest absolute Gasteiger partial charge is 0.235 e. The summed E-state index contributed by atoms with van der Waals surface area (Å²) in [5.41, 5.74) is 2.98. The van der Waals surface area contributed by atoms with Gasteiger partial charge < -0.3 is 0 Å². The molecule has 0 aliphatic heterocycles. The Hall–Kier alpha value is -2.54. The Balaban J connectivity index is 1.72. The first-order chi connectivity index (χ1) is 10.3. The van der Waals surface area contributed by atoms with Crippen LogP contribution in [0.3, 0.4) is 0 Å². The summed E-state index contributed by atoms with van der Waals surface area (Å²) in [5, 5.41) is 21.1. The van der Waals surface area contributed by atoms with Gasteiger partial charge in [0, 0.05) is 12.1 Å². The maximum Gasteiger partial charge on any atom is 0.235 e. The van der Waals surface area contributed by atoms with Gasteiger partial charge in [0.05, 0.1) is 0 Å². The van der Waals surface area contributed by atoms with E-state index in [0.29, 0.717) is 5.82 Å². The van der Waals surface area contributed by atoms with Crippen LogP contribution in [0.1, 0.15) is 16.3 Å². The van der Waals surface area contributed by atoms with Crippen LogP contribution in [0, 0.1) is 6.92 Å². The number of hydrogen-bond acceptors (Lipinski definition) is 5. The number of nitrogens with one attached hydrogen (secondary N) is 1. The van der Waals surface area contributed by atoms with Gasteiger partial charge >= 0.3 is 0 Å². The third-order valence-corrected chi connectivity index (χ3v) is 4.06. The molecule has 0 aliphatic carbocycles. The van der Waals surface area contributed by atoms with E-state index in [-0.39, 0.29) is 0 Å². The zero-order chi connectivity index (χ0) is 14.2. The van der Waals surface area contributed by atoms with Crippen molar-refractivity contribution in [2.75, 3.05) is 0 Å². The summed E-state index contributed by atoms with van der Waals surface area (Å²) in [4.78, 5) is 0.789. The van der Waals surface area contributed by atoms with Crippen molar-refractivity contribution in [3.8, 4) is 11.5 Å². The first-order valence-corrected chi connectivity index (χ1v) is 7.39. The SMILES string of the molecule is Cc1cc(-c2nnc3sc(Cc4ccccc4)nn23)n[nH]1. The molecule has 6 nitrogen and oxygen atoms in total. The lowest BCUT2D eigenvalue weighted by atomic mass is 10.2. The highest BCUT2D eigenvalue weighted by Crippen LogP contribution is 2.22. The number of nitrogens with zero attached hydrogens (tertiary/aromatic N) is 5. The van der Waals surface area contributed by atoms with E-state index in [9.17, 15) is 0 Å². The normalized spacial score (nSPS) is 11.3. The molecule has 0 fully saturated rings. The summed E-state index contributed by atoms with van der Waals surface area (Å²) < 4.78 is 1.76. The number of hydrogen-bond donors (Lipinski definition) is 1. The molecule has 0 bridgehead atoms. The fourth-order valence-corrected chi connectivity index (χ4v) is 3.06. The zero-order valence-electron chi connectivity index (χ0n) is 11.3. The summed E-state index contributed by atoms with van der Waals surface area (Å²) in [6, 6.07) is 12.2. The Morgan fingerprint density at radius 1 is 1.19 bits per heavy atom. The van der Waals surface area contributed by atoms with Gasteiger partial charge in [-0.25, -0.2) is 0 Å². The Morgan fingerprint density at radius 3 is 2.81 bits per heavy atom. The molecule has 3 aromatic heterocycles. The van der Waals surface area contributed by atoms with E-state index in [4.69, 9.17) is 0 Å². The third kappa shape index (κ3) is 2.21. The van der Waals surface area contributed by atoms with Crippen molar-refractivity contribution in [2.45, 2.75) is 13.3 Å². The highest BCUT2D eigenvalue weighted by Gasteiger charge is 2.15. The maximum atomic E-state index is 4.61. The van der Waals surface area contributed by atoms with E-state index in [1.165, 1.54) is 5.56 Å². The van der Waals surface area contributed by atoms with E-state index >= 15 is 0 Å². The molecule has 0 aliphatic rings. The first kappa shape index (κ1) is 12.2.